The average Bonchev–Trinajstić information content (AvgIpc) is 2.83. The second kappa shape index (κ2) is 6.81. The minimum Gasteiger partial charge on any atom is -0.430 e. The first-order valence-corrected chi connectivity index (χ1v) is 7.70. The minimum atomic E-state index is 0.603. The van der Waals surface area contributed by atoms with Gasteiger partial charge in [0.1, 0.15) is 10.8 Å². The van der Waals surface area contributed by atoms with Crippen LogP contribution in [0.2, 0.25) is 0 Å². The van der Waals surface area contributed by atoms with Crippen LogP contribution in [0.15, 0.2) is 12.1 Å². The summed E-state index contributed by atoms with van der Waals surface area (Å²) in [6, 6.07) is 4.20. The van der Waals surface area contributed by atoms with E-state index >= 15 is 0 Å². The second-order valence-corrected chi connectivity index (χ2v) is 5.97. The largest absolute Gasteiger partial charge is 0.430 e. The smallest absolute Gasteiger partial charge is 0.299 e. The normalized spacial score (nSPS) is 10.8. The minimum absolute atomic E-state index is 0.603. The fourth-order valence-electron chi connectivity index (χ4n) is 1.92. The van der Waals surface area contributed by atoms with Crippen LogP contribution in [0.5, 0.6) is 10.9 Å². The average molecular weight is 291 g/mol. The first-order chi connectivity index (χ1) is 9.60. The van der Waals surface area contributed by atoms with Crippen molar-refractivity contribution in [3.63, 3.8) is 0 Å². The van der Waals surface area contributed by atoms with Crippen molar-refractivity contribution in [3.05, 3.63) is 33.8 Å². The van der Waals surface area contributed by atoms with Crippen LogP contribution in [-0.4, -0.2) is 16.7 Å². The van der Waals surface area contributed by atoms with Crippen molar-refractivity contribution < 1.29 is 4.74 Å². The molecule has 0 amide bonds. The Labute approximate surface area is 124 Å². The summed E-state index contributed by atoms with van der Waals surface area (Å²) in [6.07, 6.45) is 1.12. The highest BCUT2D eigenvalue weighted by Gasteiger charge is 2.09. The third kappa shape index (κ3) is 3.77. The van der Waals surface area contributed by atoms with Gasteiger partial charge in [-0.15, -0.1) is 5.10 Å². The van der Waals surface area contributed by atoms with E-state index in [4.69, 9.17) is 4.74 Å². The second-order valence-electron chi connectivity index (χ2n) is 4.95. The summed E-state index contributed by atoms with van der Waals surface area (Å²) in [5.74, 6) is 0.867. The summed E-state index contributed by atoms with van der Waals surface area (Å²) >= 11 is 1.49. The van der Waals surface area contributed by atoms with Crippen LogP contribution in [0, 0.1) is 20.8 Å². The summed E-state index contributed by atoms with van der Waals surface area (Å²) in [5, 5.41) is 13.1. The van der Waals surface area contributed by atoms with Crippen molar-refractivity contribution in [2.45, 2.75) is 40.7 Å². The standard InChI is InChI=1S/C15H21N3OS/c1-5-6-16-9-14-17-18-15(20-14)19-13-8-10(2)7-11(3)12(13)4/h7-8,16H,5-6,9H2,1-4H3. The molecule has 0 atom stereocenters. The Hall–Kier alpha value is -1.46. The predicted molar refractivity (Wildman–Crippen MR) is 82.6 cm³/mol. The number of nitrogens with one attached hydrogen (secondary N) is 1. The fraction of sp³-hybridized carbons (Fsp3) is 0.467. The number of nitrogens with zero attached hydrogens (tertiary/aromatic N) is 2. The SMILES string of the molecule is CCCNCc1nnc(Oc2cc(C)cc(C)c2C)s1. The molecule has 0 aliphatic carbocycles. The van der Waals surface area contributed by atoms with Gasteiger partial charge >= 0.3 is 0 Å². The van der Waals surface area contributed by atoms with Crippen LogP contribution in [-0.2, 0) is 6.54 Å². The number of aromatic nitrogens is 2. The zero-order valence-corrected chi connectivity index (χ0v) is 13.3. The molecule has 0 unspecified atom stereocenters. The van der Waals surface area contributed by atoms with Crippen LogP contribution in [0.1, 0.15) is 35.0 Å². The summed E-state index contributed by atoms with van der Waals surface area (Å²) in [6.45, 7) is 10.1. The molecular formula is C15H21N3OS. The van der Waals surface area contributed by atoms with Crippen molar-refractivity contribution in [2.24, 2.45) is 0 Å². The maximum atomic E-state index is 5.87. The zero-order valence-electron chi connectivity index (χ0n) is 12.5. The quantitative estimate of drug-likeness (QED) is 0.823. The molecule has 2 aromatic rings. The van der Waals surface area contributed by atoms with E-state index in [2.05, 4.69) is 49.3 Å². The van der Waals surface area contributed by atoms with E-state index in [9.17, 15) is 0 Å². The fourth-order valence-corrected chi connectivity index (χ4v) is 2.59. The van der Waals surface area contributed by atoms with Crippen molar-refractivity contribution in [1.82, 2.24) is 15.5 Å². The highest BCUT2D eigenvalue weighted by Crippen LogP contribution is 2.30. The van der Waals surface area contributed by atoms with E-state index in [1.54, 1.807) is 0 Å². The Morgan fingerprint density at radius 3 is 2.75 bits per heavy atom. The molecule has 1 aromatic carbocycles. The monoisotopic (exact) mass is 291 g/mol. The van der Waals surface area contributed by atoms with E-state index in [-0.39, 0.29) is 0 Å². The molecule has 0 aliphatic rings. The maximum Gasteiger partial charge on any atom is 0.299 e. The van der Waals surface area contributed by atoms with E-state index in [0.717, 1.165) is 35.8 Å². The molecule has 0 saturated heterocycles. The van der Waals surface area contributed by atoms with E-state index in [0.29, 0.717) is 5.19 Å². The van der Waals surface area contributed by atoms with Crippen LogP contribution in [0.4, 0.5) is 0 Å². The molecule has 0 fully saturated rings. The molecule has 108 valence electrons. The number of ether oxygens (including phenoxy) is 1. The molecule has 0 bridgehead atoms. The van der Waals surface area contributed by atoms with Gasteiger partial charge in [0, 0.05) is 6.54 Å². The molecule has 1 N–H and O–H groups in total. The number of benzene rings is 1. The van der Waals surface area contributed by atoms with Crippen molar-refractivity contribution in [3.8, 4) is 10.9 Å². The van der Waals surface area contributed by atoms with E-state index in [1.165, 1.54) is 22.5 Å². The van der Waals surface area contributed by atoms with Crippen LogP contribution < -0.4 is 10.1 Å². The Kier molecular flexibility index (Phi) is 5.09. The van der Waals surface area contributed by atoms with Crippen LogP contribution >= 0.6 is 11.3 Å². The number of rotatable bonds is 6. The van der Waals surface area contributed by atoms with Crippen molar-refractivity contribution >= 4 is 11.3 Å². The van der Waals surface area contributed by atoms with Crippen molar-refractivity contribution in [2.75, 3.05) is 6.54 Å². The van der Waals surface area contributed by atoms with E-state index < -0.39 is 0 Å². The third-order valence-electron chi connectivity index (χ3n) is 3.11. The first-order valence-electron chi connectivity index (χ1n) is 6.89. The van der Waals surface area contributed by atoms with Gasteiger partial charge in [-0.1, -0.05) is 29.4 Å². The molecule has 5 heteroatoms. The van der Waals surface area contributed by atoms with Gasteiger partial charge in [0.25, 0.3) is 5.19 Å². The molecule has 1 aromatic heterocycles. The van der Waals surface area contributed by atoms with Gasteiger partial charge in [-0.2, -0.15) is 0 Å². The van der Waals surface area contributed by atoms with Crippen molar-refractivity contribution in [1.29, 1.82) is 0 Å². The molecule has 0 spiro atoms. The van der Waals surface area contributed by atoms with E-state index in [1.807, 2.05) is 6.07 Å². The third-order valence-corrected chi connectivity index (χ3v) is 3.91. The Balaban J connectivity index is 2.07. The molecule has 4 nitrogen and oxygen atoms in total. The van der Waals surface area contributed by atoms with Gasteiger partial charge in [-0.3, -0.25) is 0 Å². The Bertz CT molecular complexity index is 580. The topological polar surface area (TPSA) is 47.0 Å². The lowest BCUT2D eigenvalue weighted by molar-refractivity contribution is 0.468. The van der Waals surface area contributed by atoms with Gasteiger partial charge in [-0.05, 0) is 56.5 Å². The van der Waals surface area contributed by atoms with Crippen LogP contribution in [0.3, 0.4) is 0 Å². The van der Waals surface area contributed by atoms with Gasteiger partial charge in [0.05, 0.1) is 0 Å². The molecular weight excluding hydrogens is 270 g/mol. The summed E-state index contributed by atoms with van der Waals surface area (Å²) < 4.78 is 5.87. The predicted octanol–water partition coefficient (Wildman–Crippen LogP) is 3.76. The molecule has 2 rings (SSSR count). The Morgan fingerprint density at radius 1 is 1.20 bits per heavy atom. The van der Waals surface area contributed by atoms with Gasteiger partial charge in [0.15, 0.2) is 0 Å². The molecule has 0 radical (unpaired) electrons. The number of hydrogen-bond donors (Lipinski definition) is 1. The lowest BCUT2D eigenvalue weighted by atomic mass is 10.1. The summed E-state index contributed by atoms with van der Waals surface area (Å²) in [5.41, 5.74) is 3.57. The maximum absolute atomic E-state index is 5.87. The van der Waals surface area contributed by atoms with Gasteiger partial charge < -0.3 is 10.1 Å². The number of hydrogen-bond acceptors (Lipinski definition) is 5. The molecule has 0 saturated carbocycles. The zero-order chi connectivity index (χ0) is 14.5. The lowest BCUT2D eigenvalue weighted by Gasteiger charge is -2.09. The summed E-state index contributed by atoms with van der Waals surface area (Å²) in [4.78, 5) is 0. The molecule has 0 aliphatic heterocycles. The first kappa shape index (κ1) is 14.9. The molecule has 20 heavy (non-hydrogen) atoms. The lowest BCUT2D eigenvalue weighted by Crippen LogP contribution is -2.13. The summed E-state index contributed by atoms with van der Waals surface area (Å²) in [7, 11) is 0. The van der Waals surface area contributed by atoms with Crippen LogP contribution in [0.25, 0.3) is 0 Å². The Morgan fingerprint density at radius 2 is 2.00 bits per heavy atom. The van der Waals surface area contributed by atoms with Gasteiger partial charge in [0.2, 0.25) is 0 Å². The highest BCUT2D eigenvalue weighted by molar-refractivity contribution is 7.13. The molecule has 1 heterocycles. The van der Waals surface area contributed by atoms with Gasteiger partial charge in [-0.25, -0.2) is 0 Å². The number of aryl methyl sites for hydroxylation is 2. The highest BCUT2D eigenvalue weighted by atomic mass is 32.1.